The van der Waals surface area contributed by atoms with Gasteiger partial charge in [0.15, 0.2) is 0 Å². The van der Waals surface area contributed by atoms with Crippen LogP contribution in [0.5, 0.6) is 0 Å². The van der Waals surface area contributed by atoms with Crippen molar-refractivity contribution in [1.82, 2.24) is 10.6 Å². The molecule has 0 saturated carbocycles. The smallest absolute Gasteiger partial charge is 0.126 e. The number of halogens is 2. The van der Waals surface area contributed by atoms with E-state index in [2.05, 4.69) is 17.6 Å². The molecule has 2 N–H and O–H groups in total. The molecule has 1 aromatic carbocycles. The van der Waals surface area contributed by atoms with E-state index in [-0.39, 0.29) is 0 Å². The van der Waals surface area contributed by atoms with Crippen molar-refractivity contribution in [2.45, 2.75) is 26.3 Å². The first-order valence-electron chi connectivity index (χ1n) is 6.08. The first-order chi connectivity index (χ1) is 8.22. The topological polar surface area (TPSA) is 24.1 Å². The van der Waals surface area contributed by atoms with E-state index in [0.717, 1.165) is 38.5 Å². The molecule has 0 heterocycles. The third kappa shape index (κ3) is 6.34. The Morgan fingerprint density at radius 2 is 1.59 bits per heavy atom. The van der Waals surface area contributed by atoms with Crippen molar-refractivity contribution in [1.29, 1.82) is 0 Å². The Hall–Kier alpha value is -1.00. The fraction of sp³-hybridized carbons (Fsp3) is 0.538. The van der Waals surface area contributed by atoms with E-state index in [4.69, 9.17) is 0 Å². The standard InChI is InChI=1S/C13H20F2N2/c1-2-4-16-5-3-6-17-10-11-7-12(14)9-13(15)8-11/h7-9,16-17H,2-6,10H2,1H3. The number of rotatable bonds is 8. The summed E-state index contributed by atoms with van der Waals surface area (Å²) in [5.74, 6) is -1.04. The van der Waals surface area contributed by atoms with Gasteiger partial charge in [-0.25, -0.2) is 8.78 Å². The molecule has 4 heteroatoms. The molecule has 2 nitrogen and oxygen atoms in total. The molecule has 0 aromatic heterocycles. The van der Waals surface area contributed by atoms with Crippen LogP contribution >= 0.6 is 0 Å². The van der Waals surface area contributed by atoms with Gasteiger partial charge < -0.3 is 10.6 Å². The van der Waals surface area contributed by atoms with Crippen LogP contribution in [-0.4, -0.2) is 19.6 Å². The Labute approximate surface area is 101 Å². The summed E-state index contributed by atoms with van der Waals surface area (Å²) in [4.78, 5) is 0. The molecule has 0 spiro atoms. The molecule has 0 amide bonds. The van der Waals surface area contributed by atoms with Crippen LogP contribution in [-0.2, 0) is 6.54 Å². The summed E-state index contributed by atoms with van der Waals surface area (Å²) in [7, 11) is 0. The highest BCUT2D eigenvalue weighted by Gasteiger charge is 1.99. The molecule has 17 heavy (non-hydrogen) atoms. The monoisotopic (exact) mass is 242 g/mol. The highest BCUT2D eigenvalue weighted by molar-refractivity contribution is 5.17. The number of hydrogen-bond donors (Lipinski definition) is 2. The molecule has 0 bridgehead atoms. The normalized spacial score (nSPS) is 10.8. The molecule has 0 aliphatic carbocycles. The fourth-order valence-corrected chi connectivity index (χ4v) is 1.59. The first kappa shape index (κ1) is 14.1. The molecule has 0 aliphatic rings. The van der Waals surface area contributed by atoms with Crippen LogP contribution in [0.25, 0.3) is 0 Å². The van der Waals surface area contributed by atoms with Crippen molar-refractivity contribution in [3.8, 4) is 0 Å². The lowest BCUT2D eigenvalue weighted by Gasteiger charge is -2.06. The van der Waals surface area contributed by atoms with Crippen LogP contribution in [0.4, 0.5) is 8.78 Å². The highest BCUT2D eigenvalue weighted by Crippen LogP contribution is 2.07. The third-order valence-electron chi connectivity index (χ3n) is 2.39. The van der Waals surface area contributed by atoms with Crippen LogP contribution in [0, 0.1) is 11.6 Å². The number of nitrogens with one attached hydrogen (secondary N) is 2. The largest absolute Gasteiger partial charge is 0.317 e. The van der Waals surface area contributed by atoms with Crippen LogP contribution < -0.4 is 10.6 Å². The minimum Gasteiger partial charge on any atom is -0.317 e. The van der Waals surface area contributed by atoms with Gasteiger partial charge in [-0.2, -0.15) is 0 Å². The second-order valence-corrected chi connectivity index (χ2v) is 4.06. The maximum absolute atomic E-state index is 12.9. The van der Waals surface area contributed by atoms with Gasteiger partial charge in [-0.05, 0) is 50.2 Å². The predicted octanol–water partition coefficient (Wildman–Crippen LogP) is 2.44. The zero-order valence-electron chi connectivity index (χ0n) is 10.2. The van der Waals surface area contributed by atoms with Gasteiger partial charge in [-0.15, -0.1) is 0 Å². The van der Waals surface area contributed by atoms with E-state index < -0.39 is 11.6 Å². The molecular formula is C13H20F2N2. The van der Waals surface area contributed by atoms with E-state index in [1.54, 1.807) is 0 Å². The number of benzene rings is 1. The average molecular weight is 242 g/mol. The van der Waals surface area contributed by atoms with Crippen LogP contribution in [0.2, 0.25) is 0 Å². The van der Waals surface area contributed by atoms with Crippen molar-refractivity contribution >= 4 is 0 Å². The van der Waals surface area contributed by atoms with Crippen LogP contribution in [0.15, 0.2) is 18.2 Å². The Balaban J connectivity index is 2.13. The van der Waals surface area contributed by atoms with Crippen molar-refractivity contribution in [2.75, 3.05) is 19.6 Å². The van der Waals surface area contributed by atoms with E-state index in [9.17, 15) is 8.78 Å². The Morgan fingerprint density at radius 1 is 0.941 bits per heavy atom. The van der Waals surface area contributed by atoms with Crippen molar-refractivity contribution < 1.29 is 8.78 Å². The molecule has 1 aromatic rings. The van der Waals surface area contributed by atoms with E-state index in [1.165, 1.54) is 12.1 Å². The molecular weight excluding hydrogens is 222 g/mol. The third-order valence-corrected chi connectivity index (χ3v) is 2.39. The lowest BCUT2D eigenvalue weighted by atomic mass is 10.2. The number of hydrogen-bond acceptors (Lipinski definition) is 2. The van der Waals surface area contributed by atoms with Gasteiger partial charge in [0.25, 0.3) is 0 Å². The Kier molecular flexibility index (Phi) is 6.74. The SMILES string of the molecule is CCCNCCCNCc1cc(F)cc(F)c1. The minimum absolute atomic E-state index is 0.502. The van der Waals surface area contributed by atoms with Crippen molar-refractivity contribution in [3.63, 3.8) is 0 Å². The summed E-state index contributed by atoms with van der Waals surface area (Å²) in [6, 6.07) is 3.59. The molecule has 0 fully saturated rings. The summed E-state index contributed by atoms with van der Waals surface area (Å²) in [5.41, 5.74) is 0.643. The van der Waals surface area contributed by atoms with E-state index >= 15 is 0 Å². The van der Waals surface area contributed by atoms with Gasteiger partial charge in [0.1, 0.15) is 11.6 Å². The van der Waals surface area contributed by atoms with Crippen LogP contribution in [0.3, 0.4) is 0 Å². The molecule has 0 aliphatic heterocycles. The summed E-state index contributed by atoms with van der Waals surface area (Å²) < 4.78 is 25.7. The predicted molar refractivity (Wildman–Crippen MR) is 65.8 cm³/mol. The van der Waals surface area contributed by atoms with Gasteiger partial charge in [0, 0.05) is 12.6 Å². The quantitative estimate of drug-likeness (QED) is 0.684. The van der Waals surface area contributed by atoms with Crippen molar-refractivity contribution in [3.05, 3.63) is 35.4 Å². The van der Waals surface area contributed by atoms with Gasteiger partial charge in [0.2, 0.25) is 0 Å². The van der Waals surface area contributed by atoms with Gasteiger partial charge in [-0.3, -0.25) is 0 Å². The summed E-state index contributed by atoms with van der Waals surface area (Å²) in [6.45, 7) is 5.48. The van der Waals surface area contributed by atoms with E-state index in [0.29, 0.717) is 12.1 Å². The maximum Gasteiger partial charge on any atom is 0.126 e. The highest BCUT2D eigenvalue weighted by atomic mass is 19.1. The zero-order chi connectivity index (χ0) is 12.5. The van der Waals surface area contributed by atoms with Crippen LogP contribution in [0.1, 0.15) is 25.3 Å². The lowest BCUT2D eigenvalue weighted by molar-refractivity contribution is 0.568. The van der Waals surface area contributed by atoms with Crippen molar-refractivity contribution in [2.24, 2.45) is 0 Å². The second kappa shape index (κ2) is 8.14. The lowest BCUT2D eigenvalue weighted by Crippen LogP contribution is -2.22. The zero-order valence-corrected chi connectivity index (χ0v) is 10.2. The summed E-state index contributed by atoms with van der Waals surface area (Å²) >= 11 is 0. The fourth-order valence-electron chi connectivity index (χ4n) is 1.59. The maximum atomic E-state index is 12.9. The van der Waals surface area contributed by atoms with E-state index in [1.807, 2.05) is 0 Å². The second-order valence-electron chi connectivity index (χ2n) is 4.06. The average Bonchev–Trinajstić information content (AvgIpc) is 2.26. The molecule has 0 saturated heterocycles. The molecule has 96 valence electrons. The Morgan fingerprint density at radius 3 is 2.24 bits per heavy atom. The summed E-state index contributed by atoms with van der Waals surface area (Å²) in [6.07, 6.45) is 2.15. The van der Waals surface area contributed by atoms with Gasteiger partial charge >= 0.3 is 0 Å². The Bertz CT molecular complexity index is 309. The molecule has 1 rings (SSSR count). The molecule has 0 unspecified atom stereocenters. The molecule has 0 radical (unpaired) electrons. The van der Waals surface area contributed by atoms with Gasteiger partial charge in [-0.1, -0.05) is 6.92 Å². The summed E-state index contributed by atoms with van der Waals surface area (Å²) in [5, 5.41) is 6.45. The van der Waals surface area contributed by atoms with Gasteiger partial charge in [0.05, 0.1) is 0 Å². The minimum atomic E-state index is -0.522. The molecule has 0 atom stereocenters. The first-order valence-corrected chi connectivity index (χ1v) is 6.08.